The first-order valence-electron chi connectivity index (χ1n) is 7.62. The molecule has 0 saturated carbocycles. The minimum Gasteiger partial charge on any atom is -0.474 e. The zero-order valence-corrected chi connectivity index (χ0v) is 14.3. The highest BCUT2D eigenvalue weighted by Gasteiger charge is 2.13. The number of hydrogen-bond donors (Lipinski definition) is 5. The van der Waals surface area contributed by atoms with Crippen LogP contribution in [-0.2, 0) is 14.4 Å². The summed E-state index contributed by atoms with van der Waals surface area (Å²) in [5.74, 6) is -3.05. The van der Waals surface area contributed by atoms with E-state index >= 15 is 0 Å². The van der Waals surface area contributed by atoms with Gasteiger partial charge in [0.2, 0.25) is 5.91 Å². The van der Waals surface area contributed by atoms with E-state index in [4.69, 9.17) is 10.8 Å². The monoisotopic (exact) mass is 359 g/mol. The standard InChI is InChI=1S/C17H21N5O4/c1-11(13-6-4-3-5-7-13)21-15(22-16(24)17(25)26)10-14(18)20-9-8-19-12(2)23/h3-7,10,20H,1,8-9,18H2,2H3,(H,19,23)(H,25,26)(H,21,22,24)/b14-10+. The van der Waals surface area contributed by atoms with Gasteiger partial charge >= 0.3 is 11.9 Å². The molecule has 0 aliphatic heterocycles. The number of aliphatic carboxylic acids is 1. The van der Waals surface area contributed by atoms with Gasteiger partial charge in [-0.2, -0.15) is 0 Å². The fourth-order valence-corrected chi connectivity index (χ4v) is 1.75. The first-order valence-corrected chi connectivity index (χ1v) is 7.62. The van der Waals surface area contributed by atoms with Gasteiger partial charge in [-0.05, 0) is 5.56 Å². The number of carbonyl (C=O) groups excluding carboxylic acids is 2. The highest BCUT2D eigenvalue weighted by molar-refractivity contribution is 6.35. The van der Waals surface area contributed by atoms with Crippen molar-refractivity contribution in [2.24, 2.45) is 10.7 Å². The summed E-state index contributed by atoms with van der Waals surface area (Å²) >= 11 is 0. The molecular weight excluding hydrogens is 338 g/mol. The fraction of sp³-hybridized carbons (Fsp3) is 0.176. The Morgan fingerprint density at radius 2 is 1.81 bits per heavy atom. The lowest BCUT2D eigenvalue weighted by Gasteiger charge is -2.09. The summed E-state index contributed by atoms with van der Waals surface area (Å²) in [5.41, 5.74) is 6.79. The fourth-order valence-electron chi connectivity index (χ4n) is 1.75. The molecule has 0 saturated heterocycles. The van der Waals surface area contributed by atoms with Crippen molar-refractivity contribution >= 4 is 29.3 Å². The van der Waals surface area contributed by atoms with E-state index in [-0.39, 0.29) is 17.6 Å². The number of carboxylic acids is 1. The normalized spacial score (nSPS) is 11.4. The molecule has 0 aliphatic rings. The van der Waals surface area contributed by atoms with Crippen molar-refractivity contribution in [1.29, 1.82) is 0 Å². The summed E-state index contributed by atoms with van der Waals surface area (Å²) in [6.07, 6.45) is 1.27. The van der Waals surface area contributed by atoms with Gasteiger partial charge in [-0.15, -0.1) is 0 Å². The van der Waals surface area contributed by atoms with Gasteiger partial charge in [-0.1, -0.05) is 36.9 Å². The number of carboxylic acid groups (broad SMARTS) is 1. The van der Waals surface area contributed by atoms with E-state index in [1.807, 2.05) is 6.07 Å². The first-order chi connectivity index (χ1) is 12.3. The van der Waals surface area contributed by atoms with Crippen LogP contribution in [0.2, 0.25) is 0 Å². The number of nitrogens with two attached hydrogens (primary N) is 1. The third kappa shape index (κ3) is 7.77. The Morgan fingerprint density at radius 3 is 2.38 bits per heavy atom. The van der Waals surface area contributed by atoms with Crippen LogP contribution in [0, 0.1) is 0 Å². The summed E-state index contributed by atoms with van der Waals surface area (Å²) in [6, 6.07) is 8.94. The Kier molecular flexibility index (Phi) is 8.08. The Balaban J connectivity index is 2.90. The van der Waals surface area contributed by atoms with Crippen molar-refractivity contribution in [2.45, 2.75) is 6.92 Å². The van der Waals surface area contributed by atoms with Crippen LogP contribution in [0.1, 0.15) is 12.5 Å². The summed E-state index contributed by atoms with van der Waals surface area (Å²) in [4.78, 5) is 37.1. The molecule has 0 spiro atoms. The zero-order valence-electron chi connectivity index (χ0n) is 14.3. The molecule has 9 nitrogen and oxygen atoms in total. The average Bonchev–Trinajstić information content (AvgIpc) is 2.59. The number of rotatable bonds is 7. The minimum atomic E-state index is -1.66. The molecule has 26 heavy (non-hydrogen) atoms. The number of benzene rings is 1. The summed E-state index contributed by atoms with van der Waals surface area (Å²) in [5, 5.41) is 16.3. The molecule has 1 aromatic carbocycles. The van der Waals surface area contributed by atoms with Gasteiger partial charge in [0.25, 0.3) is 0 Å². The maximum absolute atomic E-state index is 11.4. The van der Waals surface area contributed by atoms with Crippen molar-refractivity contribution in [2.75, 3.05) is 13.1 Å². The van der Waals surface area contributed by atoms with Crippen LogP contribution < -0.4 is 21.7 Å². The Labute approximate surface area is 150 Å². The van der Waals surface area contributed by atoms with Crippen molar-refractivity contribution < 1.29 is 19.5 Å². The number of carbonyl (C=O) groups is 3. The van der Waals surface area contributed by atoms with Gasteiger partial charge in [0.1, 0.15) is 5.84 Å². The van der Waals surface area contributed by atoms with Crippen LogP contribution in [-0.4, -0.2) is 41.8 Å². The van der Waals surface area contributed by atoms with Crippen LogP contribution in [0.4, 0.5) is 0 Å². The SMILES string of the molecule is C=C(/N=C(\C=C(/N)NCCNC(C)=O)NC(=O)C(=O)O)c1ccccc1. The van der Waals surface area contributed by atoms with Crippen LogP contribution in [0.3, 0.4) is 0 Å². The molecule has 0 fully saturated rings. The molecule has 0 aliphatic carbocycles. The second-order valence-corrected chi connectivity index (χ2v) is 5.08. The van der Waals surface area contributed by atoms with E-state index < -0.39 is 11.9 Å². The van der Waals surface area contributed by atoms with Gasteiger partial charge in [0.15, 0.2) is 0 Å². The second kappa shape index (κ2) is 10.3. The molecule has 0 radical (unpaired) electrons. The smallest absolute Gasteiger partial charge is 0.394 e. The van der Waals surface area contributed by atoms with Crippen LogP contribution in [0.5, 0.6) is 0 Å². The lowest BCUT2D eigenvalue weighted by molar-refractivity contribution is -0.149. The molecular formula is C17H21N5O4. The third-order valence-electron chi connectivity index (χ3n) is 2.92. The number of amides is 2. The van der Waals surface area contributed by atoms with Crippen molar-refractivity contribution in [3.05, 3.63) is 54.4 Å². The van der Waals surface area contributed by atoms with Crippen LogP contribution >= 0.6 is 0 Å². The van der Waals surface area contributed by atoms with E-state index in [2.05, 4.69) is 27.5 Å². The molecule has 0 heterocycles. The Bertz CT molecular complexity index is 741. The molecule has 0 unspecified atom stereocenters. The molecule has 0 atom stereocenters. The minimum absolute atomic E-state index is 0.0872. The molecule has 1 aromatic rings. The second-order valence-electron chi connectivity index (χ2n) is 5.08. The number of nitrogens with zero attached hydrogens (tertiary/aromatic N) is 1. The largest absolute Gasteiger partial charge is 0.474 e. The quantitative estimate of drug-likeness (QED) is 0.197. The van der Waals surface area contributed by atoms with Crippen molar-refractivity contribution in [3.8, 4) is 0 Å². The first kappa shape index (κ1) is 20.4. The van der Waals surface area contributed by atoms with Gasteiger partial charge < -0.3 is 26.8 Å². The molecule has 1 rings (SSSR count). The Hall–Kier alpha value is -3.62. The van der Waals surface area contributed by atoms with E-state index in [1.165, 1.54) is 13.0 Å². The maximum atomic E-state index is 11.4. The van der Waals surface area contributed by atoms with E-state index in [0.717, 1.165) is 0 Å². The third-order valence-corrected chi connectivity index (χ3v) is 2.92. The van der Waals surface area contributed by atoms with Gasteiger partial charge in [0.05, 0.1) is 11.5 Å². The molecule has 2 amide bonds. The number of nitrogens with one attached hydrogen (secondary N) is 3. The molecule has 0 aromatic heterocycles. The summed E-state index contributed by atoms with van der Waals surface area (Å²) in [7, 11) is 0. The van der Waals surface area contributed by atoms with E-state index in [0.29, 0.717) is 24.4 Å². The van der Waals surface area contributed by atoms with Crippen LogP contribution in [0.25, 0.3) is 5.70 Å². The number of amidine groups is 1. The average molecular weight is 359 g/mol. The molecule has 138 valence electrons. The van der Waals surface area contributed by atoms with Gasteiger partial charge in [-0.3, -0.25) is 9.59 Å². The predicted molar refractivity (Wildman–Crippen MR) is 97.6 cm³/mol. The van der Waals surface area contributed by atoms with Crippen LogP contribution in [0.15, 0.2) is 53.8 Å². The number of hydrogen-bond acceptors (Lipinski definition) is 6. The lowest BCUT2D eigenvalue weighted by atomic mass is 10.2. The van der Waals surface area contributed by atoms with Crippen molar-refractivity contribution in [1.82, 2.24) is 16.0 Å². The molecule has 9 heteroatoms. The predicted octanol–water partition coefficient (Wildman–Crippen LogP) is -0.218. The highest BCUT2D eigenvalue weighted by Crippen LogP contribution is 2.12. The van der Waals surface area contributed by atoms with Gasteiger partial charge in [0, 0.05) is 26.1 Å². The van der Waals surface area contributed by atoms with E-state index in [9.17, 15) is 14.4 Å². The molecule has 6 N–H and O–H groups in total. The number of aliphatic imine (C=N–C) groups is 1. The van der Waals surface area contributed by atoms with E-state index in [1.54, 1.807) is 24.3 Å². The maximum Gasteiger partial charge on any atom is 0.394 e. The molecule has 0 bridgehead atoms. The summed E-state index contributed by atoms with van der Waals surface area (Å²) in [6.45, 7) is 5.86. The summed E-state index contributed by atoms with van der Waals surface area (Å²) < 4.78 is 0. The lowest BCUT2D eigenvalue weighted by Crippen LogP contribution is -2.37. The Morgan fingerprint density at radius 1 is 1.19 bits per heavy atom. The van der Waals surface area contributed by atoms with Crippen molar-refractivity contribution in [3.63, 3.8) is 0 Å². The van der Waals surface area contributed by atoms with Gasteiger partial charge in [-0.25, -0.2) is 9.79 Å². The topological polar surface area (TPSA) is 146 Å². The zero-order chi connectivity index (χ0) is 19.5. The highest BCUT2D eigenvalue weighted by atomic mass is 16.4.